The van der Waals surface area contributed by atoms with Crippen LogP contribution < -0.4 is 0 Å². The molecule has 1 aliphatic heterocycles. The van der Waals surface area contributed by atoms with Crippen LogP contribution in [0.25, 0.3) is 0 Å². The van der Waals surface area contributed by atoms with Gasteiger partial charge in [-0.25, -0.2) is 0 Å². The maximum absolute atomic E-state index is 11.4. The van der Waals surface area contributed by atoms with E-state index in [0.29, 0.717) is 19.6 Å². The normalized spacial score (nSPS) is 35.9. The first-order valence-electron chi connectivity index (χ1n) is 6.80. The average Bonchev–Trinajstić information content (AvgIpc) is 2.93. The van der Waals surface area contributed by atoms with Gasteiger partial charge >= 0.3 is 5.97 Å². The number of carbonyl (C=O) groups is 1. The van der Waals surface area contributed by atoms with E-state index in [2.05, 4.69) is 22.6 Å². The van der Waals surface area contributed by atoms with Crippen molar-refractivity contribution in [2.24, 2.45) is 11.8 Å². The quantitative estimate of drug-likeness (QED) is 0.487. The van der Waals surface area contributed by atoms with Crippen molar-refractivity contribution >= 4 is 28.6 Å². The summed E-state index contributed by atoms with van der Waals surface area (Å²) in [5, 5.41) is 10.3. The molecule has 2 fully saturated rings. The fraction of sp³-hybridized carbons (Fsp3) is 0.533. The van der Waals surface area contributed by atoms with Crippen LogP contribution in [0.15, 0.2) is 30.3 Å². The molecular formula is C15H17IO4. The van der Waals surface area contributed by atoms with Crippen molar-refractivity contribution < 1.29 is 19.4 Å². The van der Waals surface area contributed by atoms with Crippen LogP contribution in [-0.2, 0) is 20.9 Å². The minimum Gasteiger partial charge on any atom is -0.461 e. The van der Waals surface area contributed by atoms with E-state index in [0.717, 1.165) is 5.56 Å². The minimum atomic E-state index is -0.463. The summed E-state index contributed by atoms with van der Waals surface area (Å²) in [7, 11) is 0. The van der Waals surface area contributed by atoms with Gasteiger partial charge in [0.15, 0.2) is 0 Å². The molecule has 1 aliphatic carbocycles. The summed E-state index contributed by atoms with van der Waals surface area (Å²) >= 11 is 2.18. The Labute approximate surface area is 131 Å². The molecule has 2 aliphatic rings. The fourth-order valence-corrected chi connectivity index (χ4v) is 4.30. The third-order valence-corrected chi connectivity index (χ3v) is 5.59. The summed E-state index contributed by atoms with van der Waals surface area (Å²) in [5.74, 6) is -0.0751. The Kier molecular flexibility index (Phi) is 4.28. The molecule has 1 saturated carbocycles. The first kappa shape index (κ1) is 14.3. The molecule has 0 spiro atoms. The number of fused-ring (bicyclic) bond motifs is 1. The zero-order chi connectivity index (χ0) is 14.1. The zero-order valence-corrected chi connectivity index (χ0v) is 13.1. The van der Waals surface area contributed by atoms with Crippen LogP contribution in [0.5, 0.6) is 0 Å². The number of benzene rings is 1. The van der Waals surface area contributed by atoms with Crippen LogP contribution >= 0.6 is 22.6 Å². The highest BCUT2D eigenvalue weighted by molar-refractivity contribution is 14.1. The molecule has 1 aromatic rings. The molecule has 1 heterocycles. The summed E-state index contributed by atoms with van der Waals surface area (Å²) < 4.78 is 11.0. The molecule has 1 aromatic carbocycles. The molecule has 5 heteroatoms. The van der Waals surface area contributed by atoms with E-state index >= 15 is 0 Å². The molecule has 0 radical (unpaired) electrons. The van der Waals surface area contributed by atoms with Gasteiger partial charge < -0.3 is 14.6 Å². The molecule has 0 aromatic heterocycles. The lowest BCUT2D eigenvalue weighted by molar-refractivity contribution is -0.141. The molecule has 0 unspecified atom stereocenters. The summed E-state index contributed by atoms with van der Waals surface area (Å²) in [6, 6.07) is 9.94. The molecule has 1 saturated heterocycles. The molecule has 108 valence electrons. The lowest BCUT2D eigenvalue weighted by Gasteiger charge is -2.19. The number of aliphatic hydroxyl groups is 1. The Morgan fingerprint density at radius 1 is 1.35 bits per heavy atom. The number of aliphatic hydroxyl groups excluding tert-OH is 1. The van der Waals surface area contributed by atoms with E-state index in [1.54, 1.807) is 0 Å². The topological polar surface area (TPSA) is 55.8 Å². The van der Waals surface area contributed by atoms with E-state index in [9.17, 15) is 9.90 Å². The highest BCUT2D eigenvalue weighted by Crippen LogP contribution is 2.44. The molecule has 0 amide bonds. The number of ether oxygens (including phenoxy) is 2. The van der Waals surface area contributed by atoms with Gasteiger partial charge in [-0.05, 0) is 5.56 Å². The molecule has 0 bridgehead atoms. The maximum Gasteiger partial charge on any atom is 0.306 e. The van der Waals surface area contributed by atoms with Crippen molar-refractivity contribution in [2.75, 3.05) is 6.61 Å². The Balaban J connectivity index is 1.58. The average molecular weight is 388 g/mol. The van der Waals surface area contributed by atoms with Gasteiger partial charge in [0.2, 0.25) is 0 Å². The Morgan fingerprint density at radius 2 is 2.10 bits per heavy atom. The van der Waals surface area contributed by atoms with E-state index in [4.69, 9.17) is 9.47 Å². The molecule has 1 N–H and O–H groups in total. The first-order valence-corrected chi connectivity index (χ1v) is 8.04. The molecule has 3 rings (SSSR count). The Morgan fingerprint density at radius 3 is 2.85 bits per heavy atom. The lowest BCUT2D eigenvalue weighted by atomic mass is 9.93. The van der Waals surface area contributed by atoms with E-state index < -0.39 is 6.10 Å². The van der Waals surface area contributed by atoms with Crippen LogP contribution in [0.1, 0.15) is 12.0 Å². The van der Waals surface area contributed by atoms with Crippen molar-refractivity contribution in [1.82, 2.24) is 0 Å². The van der Waals surface area contributed by atoms with E-state index in [1.165, 1.54) is 0 Å². The fourth-order valence-electron chi connectivity index (χ4n) is 3.09. The van der Waals surface area contributed by atoms with Crippen LogP contribution in [0.2, 0.25) is 0 Å². The SMILES string of the molecule is O=C1C[C@@H]2[C@@H](COCc3ccccc3)[C@H](O)[C@@H](I)[C@@H]2O1. The smallest absolute Gasteiger partial charge is 0.306 e. The van der Waals surface area contributed by atoms with Gasteiger partial charge in [0.25, 0.3) is 0 Å². The molecule has 4 nitrogen and oxygen atoms in total. The number of hydrogen-bond donors (Lipinski definition) is 1. The van der Waals surface area contributed by atoms with Crippen LogP contribution in [0.3, 0.4) is 0 Å². The van der Waals surface area contributed by atoms with Crippen LogP contribution in [0, 0.1) is 11.8 Å². The summed E-state index contributed by atoms with van der Waals surface area (Å²) in [6.07, 6.45) is -0.210. The number of esters is 1. The van der Waals surface area contributed by atoms with Gasteiger partial charge in [-0.2, -0.15) is 0 Å². The number of rotatable bonds is 4. The van der Waals surface area contributed by atoms with Crippen LogP contribution in [-0.4, -0.2) is 33.8 Å². The number of halogens is 1. The predicted molar refractivity (Wildman–Crippen MR) is 81.4 cm³/mol. The number of carbonyl (C=O) groups excluding carboxylic acids is 1. The second-order valence-corrected chi connectivity index (χ2v) is 6.86. The second kappa shape index (κ2) is 5.99. The summed E-state index contributed by atoms with van der Waals surface area (Å²) in [4.78, 5) is 11.4. The van der Waals surface area contributed by atoms with Crippen molar-refractivity contribution in [3.63, 3.8) is 0 Å². The number of hydrogen-bond acceptors (Lipinski definition) is 4. The molecule has 20 heavy (non-hydrogen) atoms. The van der Waals surface area contributed by atoms with Crippen molar-refractivity contribution in [3.8, 4) is 0 Å². The third kappa shape index (κ3) is 2.71. The molecular weight excluding hydrogens is 371 g/mol. The van der Waals surface area contributed by atoms with E-state index in [-0.39, 0.29) is 27.8 Å². The van der Waals surface area contributed by atoms with Gasteiger partial charge in [0.1, 0.15) is 6.10 Å². The summed E-state index contributed by atoms with van der Waals surface area (Å²) in [6.45, 7) is 0.996. The molecule has 5 atom stereocenters. The van der Waals surface area contributed by atoms with Crippen molar-refractivity contribution in [3.05, 3.63) is 35.9 Å². The van der Waals surface area contributed by atoms with Crippen molar-refractivity contribution in [1.29, 1.82) is 0 Å². The highest BCUT2D eigenvalue weighted by Gasteiger charge is 2.54. The second-order valence-electron chi connectivity index (χ2n) is 5.42. The van der Waals surface area contributed by atoms with Gasteiger partial charge in [0.05, 0.1) is 29.7 Å². The van der Waals surface area contributed by atoms with Crippen LogP contribution in [0.4, 0.5) is 0 Å². The summed E-state index contributed by atoms with van der Waals surface area (Å²) in [5.41, 5.74) is 1.11. The monoisotopic (exact) mass is 388 g/mol. The maximum atomic E-state index is 11.4. The van der Waals surface area contributed by atoms with Gasteiger partial charge in [0, 0.05) is 11.8 Å². The lowest BCUT2D eigenvalue weighted by Crippen LogP contribution is -2.29. The largest absolute Gasteiger partial charge is 0.461 e. The Hall–Kier alpha value is -0.660. The van der Waals surface area contributed by atoms with E-state index in [1.807, 2.05) is 30.3 Å². The third-order valence-electron chi connectivity index (χ3n) is 4.14. The zero-order valence-electron chi connectivity index (χ0n) is 10.9. The standard InChI is InChI=1S/C15H17IO4/c16-13-14(18)11(10-6-12(17)20-15(10)13)8-19-7-9-4-2-1-3-5-9/h1-5,10-11,13-15,18H,6-8H2/t10-,11-,13-,14+,15-/m1/s1. The van der Waals surface area contributed by atoms with Gasteiger partial charge in [-0.15, -0.1) is 0 Å². The van der Waals surface area contributed by atoms with Gasteiger partial charge in [-0.1, -0.05) is 52.9 Å². The van der Waals surface area contributed by atoms with Crippen molar-refractivity contribution in [2.45, 2.75) is 29.2 Å². The van der Waals surface area contributed by atoms with Gasteiger partial charge in [-0.3, -0.25) is 4.79 Å². The first-order chi connectivity index (χ1) is 9.66. The highest BCUT2D eigenvalue weighted by atomic mass is 127. The predicted octanol–water partition coefficient (Wildman–Crippen LogP) is 1.93. The number of alkyl halides is 1. The minimum absolute atomic E-state index is 0.0166. The Bertz CT molecular complexity index is 478.